The van der Waals surface area contributed by atoms with Crippen LogP contribution in [0.15, 0.2) is 30.3 Å². The van der Waals surface area contributed by atoms with Gasteiger partial charge in [0.2, 0.25) is 0 Å². The van der Waals surface area contributed by atoms with Gasteiger partial charge in [0.1, 0.15) is 17.5 Å². The molecule has 2 saturated heterocycles. The topological polar surface area (TPSA) is 90.8 Å². The number of amides is 1. The van der Waals surface area contributed by atoms with E-state index in [0.29, 0.717) is 63.4 Å². The number of carbonyl (C=O) groups excluding carboxylic acids is 1. The third-order valence-electron chi connectivity index (χ3n) is 7.56. The Morgan fingerprint density at radius 3 is 2.33 bits per heavy atom. The van der Waals surface area contributed by atoms with Crippen molar-refractivity contribution in [1.29, 1.82) is 0 Å². The normalized spacial score (nSPS) is 21.2. The molecule has 0 unspecified atom stereocenters. The summed E-state index contributed by atoms with van der Waals surface area (Å²) in [5.74, 6) is 0.664. The van der Waals surface area contributed by atoms with Crippen LogP contribution in [0.3, 0.4) is 0 Å². The summed E-state index contributed by atoms with van der Waals surface area (Å²) < 4.78 is 46.0. The van der Waals surface area contributed by atoms with Gasteiger partial charge in [-0.25, -0.2) is 9.97 Å². The molecule has 2 aliphatic heterocycles. The number of halogens is 3. The highest BCUT2D eigenvalue weighted by molar-refractivity contribution is 6.07. The fourth-order valence-electron chi connectivity index (χ4n) is 4.80. The Morgan fingerprint density at radius 2 is 1.69 bits per heavy atom. The highest BCUT2D eigenvalue weighted by Gasteiger charge is 2.53. The molecule has 36 heavy (non-hydrogen) atoms. The van der Waals surface area contributed by atoms with Crippen molar-refractivity contribution in [3.8, 4) is 0 Å². The molecule has 0 aromatic carbocycles. The van der Waals surface area contributed by atoms with Crippen molar-refractivity contribution in [3.63, 3.8) is 0 Å². The van der Waals surface area contributed by atoms with Gasteiger partial charge in [0.15, 0.2) is 5.60 Å². The van der Waals surface area contributed by atoms with Gasteiger partial charge in [-0.05, 0) is 62.3 Å². The van der Waals surface area contributed by atoms with E-state index in [0.717, 1.165) is 31.7 Å². The zero-order valence-electron chi connectivity index (χ0n) is 20.1. The molecule has 4 heterocycles. The lowest BCUT2D eigenvalue weighted by atomic mass is 9.93. The summed E-state index contributed by atoms with van der Waals surface area (Å²) in [5.41, 5.74) is -3.21. The molecule has 1 aliphatic carbocycles. The average Bonchev–Trinajstić information content (AvgIpc) is 3.62. The first kappa shape index (κ1) is 24.8. The Kier molecular flexibility index (Phi) is 6.32. The molecule has 3 fully saturated rings. The van der Waals surface area contributed by atoms with Crippen molar-refractivity contribution < 1.29 is 27.8 Å². The van der Waals surface area contributed by atoms with Gasteiger partial charge < -0.3 is 25.0 Å². The average molecular weight is 506 g/mol. The van der Waals surface area contributed by atoms with Crippen molar-refractivity contribution in [3.05, 3.63) is 41.6 Å². The Hall–Kier alpha value is -2.92. The monoisotopic (exact) mass is 505 g/mol. The zero-order chi connectivity index (χ0) is 25.6. The van der Waals surface area contributed by atoms with Crippen LogP contribution in [-0.4, -0.2) is 66.6 Å². The van der Waals surface area contributed by atoms with Gasteiger partial charge in [-0.15, -0.1) is 0 Å². The van der Waals surface area contributed by atoms with Crippen LogP contribution in [0.2, 0.25) is 0 Å². The molecule has 0 bridgehead atoms. The zero-order valence-corrected chi connectivity index (χ0v) is 20.1. The van der Waals surface area contributed by atoms with Crippen LogP contribution in [0.1, 0.15) is 48.7 Å². The lowest BCUT2D eigenvalue weighted by Crippen LogP contribution is -2.41. The van der Waals surface area contributed by atoms with E-state index in [2.05, 4.69) is 20.2 Å². The van der Waals surface area contributed by atoms with Crippen LogP contribution >= 0.6 is 0 Å². The van der Waals surface area contributed by atoms with Crippen molar-refractivity contribution in [2.75, 3.05) is 54.5 Å². The molecule has 0 radical (unpaired) electrons. The minimum atomic E-state index is -4.91. The Balaban J connectivity index is 1.43. The van der Waals surface area contributed by atoms with Crippen molar-refractivity contribution in [1.82, 2.24) is 9.97 Å². The summed E-state index contributed by atoms with van der Waals surface area (Å²) in [6.07, 6.45) is -0.784. The highest BCUT2D eigenvalue weighted by Crippen LogP contribution is 2.54. The van der Waals surface area contributed by atoms with Crippen LogP contribution in [-0.2, 0) is 10.3 Å². The maximum absolute atomic E-state index is 13.5. The largest absolute Gasteiger partial charge is 0.422 e. The fraction of sp³-hybridized carbons (Fsp3) is 0.560. The second kappa shape index (κ2) is 9.19. The van der Waals surface area contributed by atoms with E-state index >= 15 is 0 Å². The summed E-state index contributed by atoms with van der Waals surface area (Å²) in [6, 6.07) is 7.67. The molecule has 194 valence electrons. The summed E-state index contributed by atoms with van der Waals surface area (Å²) in [4.78, 5) is 26.0. The number of piperidine rings is 1. The summed E-state index contributed by atoms with van der Waals surface area (Å²) >= 11 is 0. The predicted octanol–water partition coefficient (Wildman–Crippen LogP) is 3.72. The van der Waals surface area contributed by atoms with Crippen LogP contribution in [0.4, 0.5) is 30.6 Å². The van der Waals surface area contributed by atoms with Crippen molar-refractivity contribution in [2.45, 2.75) is 44.4 Å². The standard InChI is InChI=1S/C25H30F3N5O3/c1-23(35,25(26,27)28)18-6-5-17(21(29-18)33-11-9-24(7-8-24)10-12-33)22(34)31-19-3-2-4-20(30-19)32-13-15-36-16-14-32/h2-6,35H,7-16H2,1H3,(H,30,31,34)/t23-/m1/s1. The number of aliphatic hydroxyl groups is 1. The molecule has 3 aliphatic rings. The van der Waals surface area contributed by atoms with Crippen molar-refractivity contribution in [2.24, 2.45) is 5.41 Å². The second-order valence-corrected chi connectivity index (χ2v) is 10.1. The minimum absolute atomic E-state index is 0.141. The SMILES string of the molecule is C[C@@](O)(c1ccc(C(=O)Nc2cccc(N3CCOCC3)n2)c(N2CCC3(CC2)CC3)n1)C(F)(F)F. The van der Waals surface area contributed by atoms with E-state index in [1.54, 1.807) is 12.1 Å². The smallest absolute Gasteiger partial charge is 0.378 e. The molecular formula is C25H30F3N5O3. The number of hydrogen-bond donors (Lipinski definition) is 2. The van der Waals surface area contributed by atoms with Crippen LogP contribution < -0.4 is 15.1 Å². The van der Waals surface area contributed by atoms with E-state index in [1.165, 1.54) is 6.07 Å². The third kappa shape index (κ3) is 4.86. The summed E-state index contributed by atoms with van der Waals surface area (Å²) in [5, 5.41) is 13.0. The number of nitrogens with zero attached hydrogens (tertiary/aromatic N) is 4. The number of rotatable bonds is 5. The number of pyridine rings is 2. The molecule has 8 nitrogen and oxygen atoms in total. The number of anilines is 3. The summed E-state index contributed by atoms with van der Waals surface area (Å²) in [7, 11) is 0. The van der Waals surface area contributed by atoms with E-state index in [1.807, 2.05) is 11.0 Å². The highest BCUT2D eigenvalue weighted by atomic mass is 19.4. The molecule has 1 spiro atoms. The van der Waals surface area contributed by atoms with Gasteiger partial charge in [-0.3, -0.25) is 4.79 Å². The lowest BCUT2D eigenvalue weighted by molar-refractivity contribution is -0.260. The molecule has 1 atom stereocenters. The van der Waals surface area contributed by atoms with Gasteiger partial charge >= 0.3 is 6.18 Å². The molecule has 5 rings (SSSR count). The number of morpholine rings is 1. The molecule has 11 heteroatoms. The predicted molar refractivity (Wildman–Crippen MR) is 128 cm³/mol. The second-order valence-electron chi connectivity index (χ2n) is 10.1. The van der Waals surface area contributed by atoms with E-state index in [4.69, 9.17) is 4.74 Å². The number of hydrogen-bond acceptors (Lipinski definition) is 7. The van der Waals surface area contributed by atoms with Crippen LogP contribution in [0.25, 0.3) is 0 Å². The lowest BCUT2D eigenvalue weighted by Gasteiger charge is -2.35. The van der Waals surface area contributed by atoms with Gasteiger partial charge in [0, 0.05) is 26.2 Å². The van der Waals surface area contributed by atoms with E-state index in [-0.39, 0.29) is 11.4 Å². The summed E-state index contributed by atoms with van der Waals surface area (Å²) in [6.45, 7) is 4.43. The molecule has 1 amide bonds. The van der Waals surface area contributed by atoms with Crippen molar-refractivity contribution >= 4 is 23.4 Å². The maximum atomic E-state index is 13.5. The fourth-order valence-corrected chi connectivity index (χ4v) is 4.80. The van der Waals surface area contributed by atoms with Gasteiger partial charge in [-0.1, -0.05) is 6.07 Å². The first-order valence-electron chi connectivity index (χ1n) is 12.2. The molecule has 2 aromatic heterocycles. The van der Waals surface area contributed by atoms with Gasteiger partial charge in [-0.2, -0.15) is 13.2 Å². The number of alkyl halides is 3. The van der Waals surface area contributed by atoms with Crippen LogP contribution in [0.5, 0.6) is 0 Å². The number of nitrogens with one attached hydrogen (secondary N) is 1. The number of carbonyl (C=O) groups is 1. The Labute approximate surface area is 207 Å². The first-order chi connectivity index (χ1) is 17.1. The van der Waals surface area contributed by atoms with E-state index < -0.39 is 23.4 Å². The Morgan fingerprint density at radius 1 is 1.00 bits per heavy atom. The quantitative estimate of drug-likeness (QED) is 0.640. The first-order valence-corrected chi connectivity index (χ1v) is 12.2. The Bertz CT molecular complexity index is 1120. The molecular weight excluding hydrogens is 475 g/mol. The number of ether oxygens (including phenoxy) is 1. The molecule has 2 N–H and O–H groups in total. The van der Waals surface area contributed by atoms with Crippen LogP contribution in [0, 0.1) is 5.41 Å². The number of aromatic nitrogens is 2. The van der Waals surface area contributed by atoms with Gasteiger partial charge in [0.05, 0.1) is 24.5 Å². The third-order valence-corrected chi connectivity index (χ3v) is 7.56. The molecule has 1 saturated carbocycles. The van der Waals surface area contributed by atoms with Gasteiger partial charge in [0.25, 0.3) is 5.91 Å². The van der Waals surface area contributed by atoms with E-state index in [9.17, 15) is 23.1 Å². The molecule has 2 aromatic rings. The maximum Gasteiger partial charge on any atom is 0.422 e. The minimum Gasteiger partial charge on any atom is -0.378 e.